The molecule has 3 aromatic carbocycles. The van der Waals surface area contributed by atoms with Crippen LogP contribution in [0.5, 0.6) is 0 Å². The highest BCUT2D eigenvalue weighted by Crippen LogP contribution is 2.39. The fourth-order valence-electron chi connectivity index (χ4n) is 4.74. The van der Waals surface area contributed by atoms with Crippen LogP contribution in [0.2, 0.25) is 0 Å². The summed E-state index contributed by atoms with van der Waals surface area (Å²) in [5, 5.41) is 2.73. The third-order valence-electron chi connectivity index (χ3n) is 7.35. The number of hydrogen-bond acceptors (Lipinski definition) is 0. The Morgan fingerprint density at radius 1 is 0.500 bits per heavy atom. The lowest BCUT2D eigenvalue weighted by Crippen LogP contribution is -1.96. The van der Waals surface area contributed by atoms with Crippen molar-refractivity contribution in [3.63, 3.8) is 0 Å². The van der Waals surface area contributed by atoms with E-state index in [-0.39, 0.29) is 0 Å². The molecule has 0 aliphatic carbocycles. The Bertz CT molecular complexity index is 1280. The molecule has 0 atom stereocenters. The molecule has 0 aliphatic rings. The van der Waals surface area contributed by atoms with Crippen molar-refractivity contribution < 1.29 is 0 Å². The van der Waals surface area contributed by atoms with Gasteiger partial charge in [-0.05, 0) is 136 Å². The van der Waals surface area contributed by atoms with Crippen molar-refractivity contribution in [2.45, 2.75) is 62.3 Å². The molecule has 144 valence electrons. The maximum atomic E-state index is 3.72. The standard InChI is InChI=1S/C27H31N/c1-13-10-23(19(7)16(4)15(13)3)22-12-24-25(11-14(22)2)28-27-21(9)18(6)17(5)20(8)26(24)27/h10-12,28H,1-9H3. The molecule has 4 rings (SSSR count). The van der Waals surface area contributed by atoms with Gasteiger partial charge in [-0.3, -0.25) is 0 Å². The minimum absolute atomic E-state index is 1.24. The Morgan fingerprint density at radius 3 is 1.79 bits per heavy atom. The summed E-state index contributed by atoms with van der Waals surface area (Å²) in [6.07, 6.45) is 0. The number of H-pyrrole nitrogens is 1. The van der Waals surface area contributed by atoms with Gasteiger partial charge < -0.3 is 4.98 Å². The van der Waals surface area contributed by atoms with Gasteiger partial charge in [0.15, 0.2) is 0 Å². The number of aromatic nitrogens is 1. The lowest BCUT2D eigenvalue weighted by Gasteiger charge is -2.16. The van der Waals surface area contributed by atoms with Crippen LogP contribution in [0.15, 0.2) is 18.2 Å². The largest absolute Gasteiger partial charge is 0.354 e. The fourth-order valence-corrected chi connectivity index (χ4v) is 4.74. The molecule has 0 aliphatic heterocycles. The number of hydrogen-bond donors (Lipinski definition) is 1. The van der Waals surface area contributed by atoms with E-state index in [9.17, 15) is 0 Å². The van der Waals surface area contributed by atoms with Crippen molar-refractivity contribution in [2.75, 3.05) is 0 Å². The molecule has 1 nitrogen and oxygen atoms in total. The van der Waals surface area contributed by atoms with Gasteiger partial charge in [0.05, 0.1) is 0 Å². The van der Waals surface area contributed by atoms with Gasteiger partial charge in [-0.1, -0.05) is 6.07 Å². The SMILES string of the molecule is Cc1cc2[nH]c3c(C)c(C)c(C)c(C)c3c2cc1-c1cc(C)c(C)c(C)c1C. The second-order valence-corrected chi connectivity index (χ2v) is 8.70. The molecule has 0 bridgehead atoms. The summed E-state index contributed by atoms with van der Waals surface area (Å²) >= 11 is 0. The summed E-state index contributed by atoms with van der Waals surface area (Å²) in [4.78, 5) is 3.72. The van der Waals surface area contributed by atoms with Crippen molar-refractivity contribution in [2.24, 2.45) is 0 Å². The zero-order chi connectivity index (χ0) is 20.5. The first-order valence-electron chi connectivity index (χ1n) is 10.2. The summed E-state index contributed by atoms with van der Waals surface area (Å²) in [6.45, 7) is 20.2. The van der Waals surface area contributed by atoms with Gasteiger partial charge >= 0.3 is 0 Å². The fraction of sp³-hybridized carbons (Fsp3) is 0.333. The Balaban J connectivity index is 2.14. The molecule has 1 heteroatoms. The van der Waals surface area contributed by atoms with Crippen LogP contribution in [-0.2, 0) is 0 Å². The van der Waals surface area contributed by atoms with Crippen molar-refractivity contribution >= 4 is 21.8 Å². The quantitative estimate of drug-likeness (QED) is 0.353. The highest BCUT2D eigenvalue weighted by atomic mass is 14.7. The predicted molar refractivity (Wildman–Crippen MR) is 124 cm³/mol. The van der Waals surface area contributed by atoms with Crippen LogP contribution in [0.25, 0.3) is 32.9 Å². The van der Waals surface area contributed by atoms with Crippen LogP contribution in [-0.4, -0.2) is 4.98 Å². The Morgan fingerprint density at radius 2 is 1.11 bits per heavy atom. The average molecular weight is 370 g/mol. The lowest BCUT2D eigenvalue weighted by atomic mass is 9.88. The minimum atomic E-state index is 1.24. The normalized spacial score (nSPS) is 11.8. The molecular weight excluding hydrogens is 338 g/mol. The van der Waals surface area contributed by atoms with Gasteiger partial charge in [0.2, 0.25) is 0 Å². The van der Waals surface area contributed by atoms with E-state index < -0.39 is 0 Å². The number of benzene rings is 3. The van der Waals surface area contributed by atoms with Gasteiger partial charge in [-0.15, -0.1) is 0 Å². The third kappa shape index (κ3) is 2.45. The third-order valence-corrected chi connectivity index (χ3v) is 7.35. The van der Waals surface area contributed by atoms with E-state index in [0.29, 0.717) is 0 Å². The zero-order valence-electron chi connectivity index (χ0n) is 18.7. The van der Waals surface area contributed by atoms with Crippen LogP contribution < -0.4 is 0 Å². The summed E-state index contributed by atoms with van der Waals surface area (Å²) < 4.78 is 0. The van der Waals surface area contributed by atoms with Gasteiger partial charge in [-0.25, -0.2) is 0 Å². The first-order valence-corrected chi connectivity index (χ1v) is 10.2. The van der Waals surface area contributed by atoms with E-state index in [2.05, 4.69) is 85.5 Å². The highest BCUT2D eigenvalue weighted by Gasteiger charge is 2.17. The Hall–Kier alpha value is -2.54. The van der Waals surface area contributed by atoms with E-state index >= 15 is 0 Å². The molecule has 0 saturated carbocycles. The molecule has 0 radical (unpaired) electrons. The molecule has 0 spiro atoms. The molecule has 1 N–H and O–H groups in total. The first kappa shape index (κ1) is 18.8. The van der Waals surface area contributed by atoms with E-state index in [1.807, 2.05) is 0 Å². The minimum Gasteiger partial charge on any atom is -0.354 e. The van der Waals surface area contributed by atoms with Crippen LogP contribution in [0, 0.1) is 62.3 Å². The van der Waals surface area contributed by atoms with Crippen molar-refractivity contribution in [3.8, 4) is 11.1 Å². The van der Waals surface area contributed by atoms with Gasteiger partial charge in [-0.2, -0.15) is 0 Å². The van der Waals surface area contributed by atoms with E-state index in [1.54, 1.807) is 0 Å². The molecule has 0 saturated heterocycles. The van der Waals surface area contributed by atoms with Crippen molar-refractivity contribution in [3.05, 3.63) is 68.3 Å². The number of fused-ring (bicyclic) bond motifs is 3. The summed E-state index contributed by atoms with van der Waals surface area (Å²) in [6, 6.07) is 7.12. The zero-order valence-corrected chi connectivity index (χ0v) is 18.7. The lowest BCUT2D eigenvalue weighted by molar-refractivity contribution is 1.22. The molecule has 1 aromatic heterocycles. The molecule has 4 aromatic rings. The molecule has 1 heterocycles. The molecule has 0 amide bonds. The molecule has 28 heavy (non-hydrogen) atoms. The van der Waals surface area contributed by atoms with Crippen LogP contribution in [0.3, 0.4) is 0 Å². The Labute approximate surface area is 168 Å². The Kier molecular flexibility index (Phi) is 4.19. The van der Waals surface area contributed by atoms with Crippen molar-refractivity contribution in [1.82, 2.24) is 4.98 Å². The second kappa shape index (κ2) is 6.24. The number of rotatable bonds is 1. The van der Waals surface area contributed by atoms with E-state index in [0.717, 1.165) is 0 Å². The van der Waals surface area contributed by atoms with Gasteiger partial charge in [0.25, 0.3) is 0 Å². The molecular formula is C27H31N. The predicted octanol–water partition coefficient (Wildman–Crippen LogP) is 7.76. The highest BCUT2D eigenvalue weighted by molar-refractivity contribution is 6.12. The maximum Gasteiger partial charge on any atom is 0.0500 e. The number of nitrogens with one attached hydrogen (secondary N) is 1. The summed E-state index contributed by atoms with van der Waals surface area (Å²) in [7, 11) is 0. The molecule has 0 fully saturated rings. The van der Waals surface area contributed by atoms with Crippen LogP contribution in [0.1, 0.15) is 50.1 Å². The van der Waals surface area contributed by atoms with Gasteiger partial charge in [0, 0.05) is 21.8 Å². The summed E-state index contributed by atoms with van der Waals surface area (Å²) in [5.41, 5.74) is 17.7. The molecule has 0 unspecified atom stereocenters. The van der Waals surface area contributed by atoms with Crippen LogP contribution >= 0.6 is 0 Å². The van der Waals surface area contributed by atoms with E-state index in [4.69, 9.17) is 0 Å². The van der Waals surface area contributed by atoms with E-state index in [1.165, 1.54) is 83.0 Å². The monoisotopic (exact) mass is 369 g/mol. The number of aryl methyl sites for hydroxylation is 4. The smallest absolute Gasteiger partial charge is 0.0500 e. The average Bonchev–Trinajstić information content (AvgIpc) is 3.03. The first-order chi connectivity index (χ1) is 13.1. The number of aromatic amines is 1. The van der Waals surface area contributed by atoms with Crippen molar-refractivity contribution in [1.29, 1.82) is 0 Å². The summed E-state index contributed by atoms with van der Waals surface area (Å²) in [5.74, 6) is 0. The van der Waals surface area contributed by atoms with Gasteiger partial charge in [0.1, 0.15) is 0 Å². The second-order valence-electron chi connectivity index (χ2n) is 8.70. The van der Waals surface area contributed by atoms with Crippen LogP contribution in [0.4, 0.5) is 0 Å². The maximum absolute atomic E-state index is 3.72. The topological polar surface area (TPSA) is 15.8 Å².